The molecule has 8 nitrogen and oxygen atoms in total. The molecule has 0 radical (unpaired) electrons. The largest absolute Gasteiger partial charge is 0.497 e. The van der Waals surface area contributed by atoms with Crippen molar-refractivity contribution < 1.29 is 14.3 Å². The van der Waals surface area contributed by atoms with E-state index in [1.165, 1.54) is 0 Å². The Morgan fingerprint density at radius 1 is 1.14 bits per heavy atom. The quantitative estimate of drug-likeness (QED) is 0.672. The van der Waals surface area contributed by atoms with Crippen molar-refractivity contribution in [3.63, 3.8) is 0 Å². The van der Waals surface area contributed by atoms with Crippen molar-refractivity contribution in [1.82, 2.24) is 20.6 Å². The number of carbonyl (C=O) groups is 1. The number of nitrogens with one attached hydrogen (secondary N) is 1. The molecule has 2 aromatic carbocycles. The molecular formula is C20H22N5O3-. The van der Waals surface area contributed by atoms with E-state index in [4.69, 9.17) is 9.47 Å². The van der Waals surface area contributed by atoms with E-state index < -0.39 is 5.92 Å². The minimum atomic E-state index is -0.684. The van der Waals surface area contributed by atoms with E-state index in [9.17, 15) is 4.79 Å². The Bertz CT molecular complexity index is 956. The SMILES string of the molecule is COc1ccc(OC)c(C[C@@H](C(=O)Nc2ccc(C)cc2C)c2nnn[n-]2)c1. The summed E-state index contributed by atoms with van der Waals surface area (Å²) in [6.07, 6.45) is 0.310. The lowest BCUT2D eigenvalue weighted by Gasteiger charge is -2.19. The highest BCUT2D eigenvalue weighted by Gasteiger charge is 2.23. The molecule has 28 heavy (non-hydrogen) atoms. The molecule has 0 aliphatic carbocycles. The van der Waals surface area contributed by atoms with Gasteiger partial charge in [0.25, 0.3) is 0 Å². The maximum atomic E-state index is 13.1. The van der Waals surface area contributed by atoms with Crippen LogP contribution in [0, 0.1) is 13.8 Å². The number of aromatic nitrogens is 4. The van der Waals surface area contributed by atoms with Gasteiger partial charge in [0.05, 0.1) is 20.1 Å². The van der Waals surface area contributed by atoms with Crippen LogP contribution < -0.4 is 19.9 Å². The molecule has 3 rings (SSSR count). The second-order valence-corrected chi connectivity index (χ2v) is 6.48. The van der Waals surface area contributed by atoms with Crippen molar-refractivity contribution in [2.24, 2.45) is 0 Å². The van der Waals surface area contributed by atoms with Gasteiger partial charge in [0, 0.05) is 11.5 Å². The number of amides is 1. The van der Waals surface area contributed by atoms with E-state index in [-0.39, 0.29) is 11.7 Å². The van der Waals surface area contributed by atoms with Crippen molar-refractivity contribution in [1.29, 1.82) is 0 Å². The molecule has 146 valence electrons. The number of ether oxygens (including phenoxy) is 2. The van der Waals surface area contributed by atoms with Crippen LogP contribution in [0.2, 0.25) is 0 Å². The van der Waals surface area contributed by atoms with Gasteiger partial charge in [-0.2, -0.15) is 5.21 Å². The van der Waals surface area contributed by atoms with E-state index in [2.05, 4.69) is 25.9 Å². The molecule has 0 unspecified atom stereocenters. The summed E-state index contributed by atoms with van der Waals surface area (Å²) in [6, 6.07) is 11.3. The highest BCUT2D eigenvalue weighted by Crippen LogP contribution is 2.29. The number of methoxy groups -OCH3 is 2. The molecule has 0 fully saturated rings. The first-order valence-electron chi connectivity index (χ1n) is 8.79. The molecule has 0 aliphatic rings. The second kappa shape index (κ2) is 8.51. The molecule has 0 aliphatic heterocycles. The molecule has 1 N–H and O–H groups in total. The van der Waals surface area contributed by atoms with Crippen LogP contribution in [-0.4, -0.2) is 35.7 Å². The number of rotatable bonds is 7. The van der Waals surface area contributed by atoms with Gasteiger partial charge < -0.3 is 19.9 Å². The first-order chi connectivity index (χ1) is 13.5. The summed E-state index contributed by atoms with van der Waals surface area (Å²) in [7, 11) is 3.17. The van der Waals surface area contributed by atoms with Gasteiger partial charge in [0.2, 0.25) is 5.91 Å². The Kier molecular flexibility index (Phi) is 5.88. The maximum absolute atomic E-state index is 13.1. The summed E-state index contributed by atoms with van der Waals surface area (Å²) >= 11 is 0. The zero-order chi connectivity index (χ0) is 20.1. The summed E-state index contributed by atoms with van der Waals surface area (Å²) in [4.78, 5) is 13.1. The van der Waals surface area contributed by atoms with E-state index in [0.717, 1.165) is 22.4 Å². The minimum absolute atomic E-state index is 0.244. The normalized spacial score (nSPS) is 11.7. The summed E-state index contributed by atoms with van der Waals surface area (Å²) in [5.74, 6) is 0.650. The summed E-state index contributed by atoms with van der Waals surface area (Å²) in [6.45, 7) is 3.95. The number of anilines is 1. The average molecular weight is 380 g/mol. The number of hydrogen-bond acceptors (Lipinski definition) is 6. The fraction of sp³-hybridized carbons (Fsp3) is 0.300. The third-order valence-corrected chi connectivity index (χ3v) is 4.51. The standard InChI is InChI=1S/C20H23N5O3/c1-12-5-7-17(13(2)9-12)21-20(26)16(19-22-24-25-23-19)11-14-10-15(27-3)6-8-18(14)28-4/h5-10,16H,11H2,1-4H3,(H2,21,22,23,24,25,26)/p-1/t16-/m1/s1. The fourth-order valence-corrected chi connectivity index (χ4v) is 3.03. The molecule has 1 atom stereocenters. The Balaban J connectivity index is 1.91. The van der Waals surface area contributed by atoms with Crippen molar-refractivity contribution in [2.75, 3.05) is 19.5 Å². The molecular weight excluding hydrogens is 358 g/mol. The number of nitrogens with zero attached hydrogens (tertiary/aromatic N) is 4. The van der Waals surface area contributed by atoms with Crippen LogP contribution in [0.25, 0.3) is 0 Å². The first kappa shape index (κ1) is 19.3. The zero-order valence-corrected chi connectivity index (χ0v) is 16.3. The van der Waals surface area contributed by atoms with E-state index >= 15 is 0 Å². The van der Waals surface area contributed by atoms with E-state index in [0.29, 0.717) is 17.9 Å². The van der Waals surface area contributed by atoms with E-state index in [1.54, 1.807) is 26.4 Å². The lowest BCUT2D eigenvalue weighted by Crippen LogP contribution is -2.25. The van der Waals surface area contributed by atoms with E-state index in [1.807, 2.05) is 38.1 Å². The topological polar surface area (TPSA) is 100 Å². The number of carbonyl (C=O) groups excluding carboxylic acids is 1. The number of aryl methyl sites for hydroxylation is 2. The van der Waals surface area contributed by atoms with Crippen molar-refractivity contribution >= 4 is 11.6 Å². The molecule has 0 spiro atoms. The molecule has 1 amide bonds. The molecule has 3 aromatic rings. The predicted molar refractivity (Wildman–Crippen MR) is 104 cm³/mol. The van der Waals surface area contributed by atoms with Crippen LogP contribution in [0.15, 0.2) is 36.4 Å². The van der Waals surface area contributed by atoms with Crippen LogP contribution in [0.4, 0.5) is 5.69 Å². The molecule has 8 heteroatoms. The van der Waals surface area contributed by atoms with Crippen molar-refractivity contribution in [3.8, 4) is 11.5 Å². The third-order valence-electron chi connectivity index (χ3n) is 4.51. The lowest BCUT2D eigenvalue weighted by atomic mass is 9.96. The van der Waals surface area contributed by atoms with Crippen LogP contribution in [0.5, 0.6) is 11.5 Å². The van der Waals surface area contributed by atoms with Crippen LogP contribution in [0.3, 0.4) is 0 Å². The van der Waals surface area contributed by atoms with Gasteiger partial charge in [-0.15, -0.1) is 0 Å². The Morgan fingerprint density at radius 3 is 2.61 bits per heavy atom. The predicted octanol–water partition coefficient (Wildman–Crippen LogP) is 2.43. The second-order valence-electron chi connectivity index (χ2n) is 6.48. The fourth-order valence-electron chi connectivity index (χ4n) is 3.03. The van der Waals surface area contributed by atoms with Gasteiger partial charge >= 0.3 is 0 Å². The highest BCUT2D eigenvalue weighted by atomic mass is 16.5. The minimum Gasteiger partial charge on any atom is -0.497 e. The Morgan fingerprint density at radius 2 is 1.96 bits per heavy atom. The maximum Gasteiger partial charge on any atom is 0.232 e. The van der Waals surface area contributed by atoms with Crippen molar-refractivity contribution in [3.05, 3.63) is 58.9 Å². The van der Waals surface area contributed by atoms with Gasteiger partial charge in [0.1, 0.15) is 11.5 Å². The summed E-state index contributed by atoms with van der Waals surface area (Å²) in [5, 5.41) is 17.8. The molecule has 1 heterocycles. The molecule has 1 aromatic heterocycles. The smallest absolute Gasteiger partial charge is 0.232 e. The number of tetrazole rings is 1. The lowest BCUT2D eigenvalue weighted by molar-refractivity contribution is -0.117. The van der Waals surface area contributed by atoms with Crippen molar-refractivity contribution in [2.45, 2.75) is 26.2 Å². The van der Waals surface area contributed by atoms with Gasteiger partial charge in [0.15, 0.2) is 0 Å². The van der Waals surface area contributed by atoms with Gasteiger partial charge in [-0.1, -0.05) is 17.7 Å². The highest BCUT2D eigenvalue weighted by molar-refractivity contribution is 5.96. The summed E-state index contributed by atoms with van der Waals surface area (Å²) < 4.78 is 10.7. The van der Waals surface area contributed by atoms with Crippen LogP contribution in [0.1, 0.15) is 28.4 Å². The average Bonchev–Trinajstić information content (AvgIpc) is 3.22. The van der Waals surface area contributed by atoms with Gasteiger partial charge in [-0.3, -0.25) is 15.1 Å². The molecule has 0 saturated carbocycles. The Labute approximate surface area is 163 Å². The zero-order valence-electron chi connectivity index (χ0n) is 16.3. The van der Waals surface area contributed by atoms with Crippen LogP contribution in [-0.2, 0) is 11.2 Å². The Hall–Kier alpha value is -3.42. The molecule has 0 bridgehead atoms. The number of benzene rings is 2. The summed E-state index contributed by atoms with van der Waals surface area (Å²) in [5.41, 5.74) is 3.64. The molecule has 0 saturated heterocycles. The first-order valence-corrected chi connectivity index (χ1v) is 8.79. The van der Waals surface area contributed by atoms with Crippen LogP contribution >= 0.6 is 0 Å². The number of hydrogen-bond donors (Lipinski definition) is 1. The van der Waals surface area contributed by atoms with Gasteiger partial charge in [-0.25, -0.2) is 0 Å². The monoisotopic (exact) mass is 380 g/mol. The van der Waals surface area contributed by atoms with Gasteiger partial charge in [-0.05, 0) is 55.7 Å². The third kappa shape index (κ3) is 4.28.